The molecule has 1 aliphatic rings. The first-order valence-electron chi connectivity index (χ1n) is 13.6. The summed E-state index contributed by atoms with van der Waals surface area (Å²) in [4.78, 5) is 24.1. The second-order valence-electron chi connectivity index (χ2n) is 11.4. The third kappa shape index (κ3) is 10.7. The lowest BCUT2D eigenvalue weighted by Gasteiger charge is -2.43. The van der Waals surface area contributed by atoms with Crippen LogP contribution in [0.25, 0.3) is 0 Å². The SMILES string of the molecule is CC(C)CCCCCCCC1CC(C(=O)O)CCC1(CCCCCCCC(C)C)C(=O)O. The summed E-state index contributed by atoms with van der Waals surface area (Å²) in [5, 5.41) is 19.8. The van der Waals surface area contributed by atoms with Crippen LogP contribution in [0.3, 0.4) is 0 Å². The minimum atomic E-state index is -0.743. The first-order chi connectivity index (χ1) is 15.2. The average Bonchev–Trinajstić information content (AvgIpc) is 2.72. The molecule has 0 spiro atoms. The van der Waals surface area contributed by atoms with Crippen molar-refractivity contribution in [2.45, 2.75) is 137 Å². The second kappa shape index (κ2) is 15.7. The van der Waals surface area contributed by atoms with Crippen LogP contribution < -0.4 is 0 Å². The molecule has 0 saturated heterocycles. The Hall–Kier alpha value is -1.06. The van der Waals surface area contributed by atoms with Crippen LogP contribution in [0.4, 0.5) is 0 Å². The molecule has 1 fully saturated rings. The molecule has 0 aromatic carbocycles. The highest BCUT2D eigenvalue weighted by atomic mass is 16.4. The number of carbonyl (C=O) groups is 2. The van der Waals surface area contributed by atoms with Crippen LogP contribution in [0.15, 0.2) is 0 Å². The Morgan fingerprint density at radius 2 is 1.28 bits per heavy atom. The lowest BCUT2D eigenvalue weighted by atomic mass is 9.59. The summed E-state index contributed by atoms with van der Waals surface area (Å²) in [5.74, 6) is -0.265. The van der Waals surface area contributed by atoms with Crippen LogP contribution in [0, 0.1) is 29.1 Å². The molecule has 0 amide bonds. The maximum Gasteiger partial charge on any atom is 0.309 e. The highest BCUT2D eigenvalue weighted by Gasteiger charge is 2.49. The summed E-state index contributed by atoms with van der Waals surface area (Å²) in [6.07, 6.45) is 17.4. The smallest absolute Gasteiger partial charge is 0.309 e. The van der Waals surface area contributed by atoms with Gasteiger partial charge in [0, 0.05) is 0 Å². The molecule has 0 aliphatic heterocycles. The Kier molecular flexibility index (Phi) is 14.2. The van der Waals surface area contributed by atoms with E-state index in [0.717, 1.165) is 50.4 Å². The first kappa shape index (κ1) is 29.0. The standard InChI is InChI=1S/C28H52O4/c1-22(2)15-11-7-5-9-13-17-25-21-24(26(29)30)18-20-28(25,27(31)32)19-14-10-6-8-12-16-23(3)4/h22-25H,5-21H2,1-4H3,(H,29,30)(H,31,32). The highest BCUT2D eigenvalue weighted by Crippen LogP contribution is 2.49. The van der Waals surface area contributed by atoms with Gasteiger partial charge in [0.25, 0.3) is 0 Å². The Bertz CT molecular complexity index is 528. The lowest BCUT2D eigenvalue weighted by Crippen LogP contribution is -2.44. The van der Waals surface area contributed by atoms with Gasteiger partial charge in [0.1, 0.15) is 0 Å². The molecule has 3 unspecified atom stereocenters. The maximum atomic E-state index is 12.5. The van der Waals surface area contributed by atoms with Crippen LogP contribution >= 0.6 is 0 Å². The topological polar surface area (TPSA) is 74.6 Å². The normalized spacial score (nSPS) is 23.7. The van der Waals surface area contributed by atoms with Gasteiger partial charge in [0.15, 0.2) is 0 Å². The van der Waals surface area contributed by atoms with Gasteiger partial charge in [0.05, 0.1) is 11.3 Å². The first-order valence-corrected chi connectivity index (χ1v) is 13.6. The fourth-order valence-electron chi connectivity index (χ4n) is 5.66. The number of unbranched alkanes of at least 4 members (excludes halogenated alkanes) is 8. The van der Waals surface area contributed by atoms with Crippen molar-refractivity contribution in [2.24, 2.45) is 29.1 Å². The molecule has 2 N–H and O–H groups in total. The Balaban J connectivity index is 2.57. The average molecular weight is 453 g/mol. The molecular formula is C28H52O4. The Labute approximate surface area is 197 Å². The van der Waals surface area contributed by atoms with E-state index in [0.29, 0.717) is 19.3 Å². The minimum absolute atomic E-state index is 0.00598. The number of carboxylic acid groups (broad SMARTS) is 2. The Morgan fingerprint density at radius 3 is 1.78 bits per heavy atom. The number of rotatable bonds is 18. The van der Waals surface area contributed by atoms with E-state index in [9.17, 15) is 19.8 Å². The van der Waals surface area contributed by atoms with Crippen LogP contribution in [0.1, 0.15) is 137 Å². The van der Waals surface area contributed by atoms with E-state index < -0.39 is 17.4 Å². The number of hydrogen-bond acceptors (Lipinski definition) is 2. The zero-order chi connectivity index (χ0) is 24.0. The van der Waals surface area contributed by atoms with Crippen molar-refractivity contribution in [1.82, 2.24) is 0 Å². The van der Waals surface area contributed by atoms with E-state index in [-0.39, 0.29) is 11.8 Å². The molecule has 0 bridgehead atoms. The summed E-state index contributed by atoms with van der Waals surface area (Å²) in [6, 6.07) is 0. The van der Waals surface area contributed by atoms with Crippen LogP contribution in [-0.4, -0.2) is 22.2 Å². The molecule has 3 atom stereocenters. The fraction of sp³-hybridized carbons (Fsp3) is 0.929. The van der Waals surface area contributed by atoms with Gasteiger partial charge in [0.2, 0.25) is 0 Å². The molecule has 1 aliphatic carbocycles. The molecular weight excluding hydrogens is 400 g/mol. The fourth-order valence-corrected chi connectivity index (χ4v) is 5.66. The van der Waals surface area contributed by atoms with E-state index in [4.69, 9.17) is 0 Å². The summed E-state index contributed by atoms with van der Waals surface area (Å²) >= 11 is 0. The van der Waals surface area contributed by atoms with Gasteiger partial charge < -0.3 is 10.2 Å². The zero-order valence-corrected chi connectivity index (χ0v) is 21.5. The van der Waals surface area contributed by atoms with Crippen molar-refractivity contribution in [3.63, 3.8) is 0 Å². The highest BCUT2D eigenvalue weighted by molar-refractivity contribution is 5.76. The van der Waals surface area contributed by atoms with Crippen LogP contribution in [0.5, 0.6) is 0 Å². The molecule has 0 aromatic rings. The number of hydrogen-bond donors (Lipinski definition) is 2. The summed E-state index contributed by atoms with van der Waals surface area (Å²) in [7, 11) is 0. The molecule has 0 aromatic heterocycles. The van der Waals surface area contributed by atoms with Gasteiger partial charge in [-0.25, -0.2) is 0 Å². The quantitative estimate of drug-likeness (QED) is 0.205. The predicted octanol–water partition coefficient (Wildman–Crippen LogP) is 8.33. The predicted molar refractivity (Wildman–Crippen MR) is 133 cm³/mol. The van der Waals surface area contributed by atoms with Gasteiger partial charge in [-0.2, -0.15) is 0 Å². The molecule has 32 heavy (non-hydrogen) atoms. The van der Waals surface area contributed by atoms with Crippen molar-refractivity contribution in [2.75, 3.05) is 0 Å². The second-order valence-corrected chi connectivity index (χ2v) is 11.4. The molecule has 1 rings (SSSR count). The minimum Gasteiger partial charge on any atom is -0.481 e. The van der Waals surface area contributed by atoms with E-state index in [1.807, 2.05) is 0 Å². The number of aliphatic carboxylic acids is 2. The molecule has 4 heteroatoms. The van der Waals surface area contributed by atoms with E-state index in [1.165, 1.54) is 51.4 Å². The van der Waals surface area contributed by atoms with Gasteiger partial charge in [-0.05, 0) is 49.9 Å². The van der Waals surface area contributed by atoms with Gasteiger partial charge in [-0.3, -0.25) is 9.59 Å². The molecule has 4 nitrogen and oxygen atoms in total. The lowest BCUT2D eigenvalue weighted by molar-refractivity contribution is -0.161. The van der Waals surface area contributed by atoms with Crippen LogP contribution in [0.2, 0.25) is 0 Å². The maximum absolute atomic E-state index is 12.5. The molecule has 0 radical (unpaired) electrons. The summed E-state index contributed by atoms with van der Waals surface area (Å²) in [5.41, 5.74) is -0.707. The van der Waals surface area contributed by atoms with Gasteiger partial charge >= 0.3 is 11.9 Å². The van der Waals surface area contributed by atoms with Crippen molar-refractivity contribution < 1.29 is 19.8 Å². The summed E-state index contributed by atoms with van der Waals surface area (Å²) < 4.78 is 0. The van der Waals surface area contributed by atoms with Gasteiger partial charge in [-0.1, -0.05) is 105 Å². The third-order valence-corrected chi connectivity index (χ3v) is 7.80. The largest absolute Gasteiger partial charge is 0.481 e. The van der Waals surface area contributed by atoms with Crippen molar-refractivity contribution in [3.05, 3.63) is 0 Å². The van der Waals surface area contributed by atoms with Crippen molar-refractivity contribution in [3.8, 4) is 0 Å². The summed E-state index contributed by atoms with van der Waals surface area (Å²) in [6.45, 7) is 9.05. The zero-order valence-electron chi connectivity index (χ0n) is 21.5. The van der Waals surface area contributed by atoms with E-state index in [1.54, 1.807) is 0 Å². The van der Waals surface area contributed by atoms with Crippen LogP contribution in [-0.2, 0) is 9.59 Å². The monoisotopic (exact) mass is 452 g/mol. The third-order valence-electron chi connectivity index (χ3n) is 7.80. The van der Waals surface area contributed by atoms with Crippen molar-refractivity contribution in [1.29, 1.82) is 0 Å². The van der Waals surface area contributed by atoms with Gasteiger partial charge in [-0.15, -0.1) is 0 Å². The Morgan fingerprint density at radius 1 is 0.781 bits per heavy atom. The molecule has 0 heterocycles. The molecule has 1 saturated carbocycles. The van der Waals surface area contributed by atoms with Crippen molar-refractivity contribution >= 4 is 11.9 Å². The van der Waals surface area contributed by atoms with E-state index in [2.05, 4.69) is 27.7 Å². The molecule has 188 valence electrons. The number of carboxylic acids is 2. The van der Waals surface area contributed by atoms with E-state index >= 15 is 0 Å².